The summed E-state index contributed by atoms with van der Waals surface area (Å²) in [6, 6.07) is 0. The highest BCUT2D eigenvalue weighted by Gasteiger charge is 2.41. The van der Waals surface area contributed by atoms with Gasteiger partial charge in [0.05, 0.1) is 0 Å². The number of hydrogen-bond donors (Lipinski definition) is 0. The van der Waals surface area contributed by atoms with E-state index in [1.807, 2.05) is 0 Å². The van der Waals surface area contributed by atoms with Gasteiger partial charge < -0.3 is 0 Å². The fourth-order valence-corrected chi connectivity index (χ4v) is 6.14. The Morgan fingerprint density at radius 3 is 0.731 bits per heavy atom. The van der Waals surface area contributed by atoms with E-state index >= 15 is 0 Å². The number of rotatable bonds is 15. The Labute approximate surface area is 505 Å². The van der Waals surface area contributed by atoms with E-state index in [9.17, 15) is 0 Å². The molecule has 3 atom stereocenters. The third kappa shape index (κ3) is 87.2. The summed E-state index contributed by atoms with van der Waals surface area (Å²) < 4.78 is 0. The van der Waals surface area contributed by atoms with E-state index < -0.39 is 0 Å². The lowest BCUT2D eigenvalue weighted by atomic mass is 9.94. The Morgan fingerprint density at radius 2 is 0.718 bits per heavy atom. The van der Waals surface area contributed by atoms with Crippen LogP contribution in [0.15, 0.2) is 0 Å². The van der Waals surface area contributed by atoms with Gasteiger partial charge in [0.1, 0.15) is 0 Å². The Bertz CT molecular complexity index is 1020. The lowest BCUT2D eigenvalue weighted by Gasteiger charge is -2.12. The van der Waals surface area contributed by atoms with Crippen molar-refractivity contribution >= 4 is 0 Å². The largest absolute Gasteiger partial charge is 0.0654 e. The summed E-state index contributed by atoms with van der Waals surface area (Å²) in [6.07, 6.45) is 35.2. The first-order valence-electron chi connectivity index (χ1n) is 35.7. The number of hydrogen-bond acceptors (Lipinski definition) is 0. The zero-order valence-corrected chi connectivity index (χ0v) is 63.1. The van der Waals surface area contributed by atoms with E-state index in [-0.39, 0.29) is 0 Å². The summed E-state index contributed by atoms with van der Waals surface area (Å²) in [7, 11) is 0. The van der Waals surface area contributed by atoms with Crippen LogP contribution < -0.4 is 0 Å². The molecule has 6 aliphatic rings. The van der Waals surface area contributed by atoms with E-state index in [2.05, 4.69) is 249 Å². The SMILES string of the molecule is CC(C)C(C)C.CC(C)C1CC1.CCC(C)(C)C.CCC(C)(C)C.CCC(C)CC.CCC(C)CC.CCC1(C)CC1.CCC1(C)CC1.CCC1C[C@@H]1C.CCCC(C)C.CCCC(C)C.CCCC1CC1.C[C@H]1CC1(C)C. The molecule has 0 heteroatoms. The van der Waals surface area contributed by atoms with Crippen LogP contribution in [0, 0.1) is 98.1 Å². The van der Waals surface area contributed by atoms with E-state index in [4.69, 9.17) is 0 Å². The van der Waals surface area contributed by atoms with Crippen LogP contribution in [0.5, 0.6) is 0 Å². The van der Waals surface area contributed by atoms with Crippen LogP contribution in [0.4, 0.5) is 0 Å². The molecule has 0 saturated heterocycles. The van der Waals surface area contributed by atoms with E-state index in [1.165, 1.54) is 161 Å². The average molecular weight is 1110 g/mol. The van der Waals surface area contributed by atoms with Crippen LogP contribution in [-0.2, 0) is 0 Å². The highest BCUT2D eigenvalue weighted by atomic mass is 14.5. The van der Waals surface area contributed by atoms with Crippen molar-refractivity contribution in [3.05, 3.63) is 0 Å². The minimum Gasteiger partial charge on any atom is -0.0654 e. The van der Waals surface area contributed by atoms with Gasteiger partial charge in [-0.1, -0.05) is 358 Å². The molecule has 0 bridgehead atoms. The van der Waals surface area contributed by atoms with Gasteiger partial charge in [-0.2, -0.15) is 0 Å². The summed E-state index contributed by atoms with van der Waals surface area (Å²) in [6.45, 7) is 81.4. The first kappa shape index (κ1) is 91.7. The Kier molecular flexibility index (Phi) is 63.2. The molecule has 0 N–H and O–H groups in total. The molecule has 0 aromatic heterocycles. The fourth-order valence-electron chi connectivity index (χ4n) is 6.14. The van der Waals surface area contributed by atoms with Crippen molar-refractivity contribution in [2.45, 2.75) is 410 Å². The lowest BCUT2D eigenvalue weighted by molar-refractivity contribution is 0.397. The van der Waals surface area contributed by atoms with Crippen LogP contribution >= 0.6 is 0 Å². The van der Waals surface area contributed by atoms with Gasteiger partial charge in [-0.05, 0) is 149 Å². The minimum absolute atomic E-state index is 0.542. The van der Waals surface area contributed by atoms with Crippen molar-refractivity contribution in [3.8, 4) is 0 Å². The minimum atomic E-state index is 0.542. The highest BCUT2D eigenvalue weighted by Crippen LogP contribution is 2.51. The van der Waals surface area contributed by atoms with Gasteiger partial charge in [0, 0.05) is 0 Å². The molecule has 0 aromatic carbocycles. The molecule has 0 radical (unpaired) electrons. The van der Waals surface area contributed by atoms with Crippen molar-refractivity contribution in [1.29, 1.82) is 0 Å². The fraction of sp³-hybridized carbons (Fsp3) is 1.00. The van der Waals surface area contributed by atoms with E-state index in [1.54, 1.807) is 0 Å². The molecule has 0 heterocycles. The van der Waals surface area contributed by atoms with Crippen molar-refractivity contribution in [3.63, 3.8) is 0 Å². The zero-order valence-electron chi connectivity index (χ0n) is 63.1. The van der Waals surface area contributed by atoms with E-state index in [0.717, 1.165) is 81.8 Å². The predicted molar refractivity (Wildman–Crippen MR) is 374 cm³/mol. The van der Waals surface area contributed by atoms with Crippen LogP contribution in [0.3, 0.4) is 0 Å². The molecule has 0 spiro atoms. The van der Waals surface area contributed by atoms with Crippen molar-refractivity contribution in [2.24, 2.45) is 98.1 Å². The van der Waals surface area contributed by atoms with Crippen LogP contribution in [0.1, 0.15) is 410 Å². The topological polar surface area (TPSA) is 0 Å². The maximum Gasteiger partial charge on any atom is -0.0326 e. The molecule has 6 rings (SSSR count). The van der Waals surface area contributed by atoms with Crippen molar-refractivity contribution in [1.82, 2.24) is 0 Å². The van der Waals surface area contributed by atoms with Gasteiger partial charge in [0.15, 0.2) is 0 Å². The molecule has 6 saturated carbocycles. The quantitative estimate of drug-likeness (QED) is 0.153. The third-order valence-electron chi connectivity index (χ3n) is 18.7. The monoisotopic (exact) mass is 1110 g/mol. The smallest absolute Gasteiger partial charge is 0.0326 e. The molecule has 1 unspecified atom stereocenters. The Balaban J connectivity index is -0.000000140. The molecule has 6 fully saturated rings. The molecule has 0 amide bonds. The van der Waals surface area contributed by atoms with Gasteiger partial charge in [-0.15, -0.1) is 0 Å². The molecule has 0 aromatic rings. The second-order valence-electron chi connectivity index (χ2n) is 32.1. The first-order valence-corrected chi connectivity index (χ1v) is 35.7. The highest BCUT2D eigenvalue weighted by molar-refractivity contribution is 4.91. The standard InChI is InChI=1S/6C6H12.7C6H14/c1-5-4-6(5,2)3;1-5(2)6-3-4-6;2*1-3-6(2)4-5-6;1-3-6-4-5(6)2;1-2-3-6-4-5-6;2*1-5-6(2,3)4;1-5(2)6(3)4;2*1-4-5-6(2)3;2*1-4-6(3)5-2/h5H,4H2,1-3H3;5-6H,3-4H2,1-2H3;2*3-5H2,1-2H3;5-6H,3-4H2,1-2H3;6H,2-5H2,1H3;2*5H2,1-4H3;5-6H,1-4H3;4*6H,4-5H2,1-3H3/t5-;;;;5-,6?;;;;;;;;/m0...0......../s1. The van der Waals surface area contributed by atoms with Crippen LogP contribution in [-0.4, -0.2) is 0 Å². The normalized spacial score (nSPS) is 19.7. The van der Waals surface area contributed by atoms with Gasteiger partial charge in [-0.3, -0.25) is 0 Å². The van der Waals surface area contributed by atoms with Crippen LogP contribution in [0.2, 0.25) is 0 Å². The van der Waals surface area contributed by atoms with E-state index in [0.29, 0.717) is 16.2 Å². The second-order valence-corrected chi connectivity index (χ2v) is 32.1. The van der Waals surface area contributed by atoms with Gasteiger partial charge in [0.2, 0.25) is 0 Å². The van der Waals surface area contributed by atoms with Crippen LogP contribution in [0.25, 0.3) is 0 Å². The third-order valence-corrected chi connectivity index (χ3v) is 18.7. The molecule has 0 nitrogen and oxygen atoms in total. The molecule has 78 heavy (non-hydrogen) atoms. The maximum atomic E-state index is 2.35. The summed E-state index contributed by atoms with van der Waals surface area (Å²) in [4.78, 5) is 0. The first-order chi connectivity index (χ1) is 35.7. The second kappa shape index (κ2) is 53.7. The Hall–Kier alpha value is 0. The van der Waals surface area contributed by atoms with Gasteiger partial charge in [0.25, 0.3) is 0 Å². The van der Waals surface area contributed by atoms with Crippen molar-refractivity contribution < 1.29 is 0 Å². The Morgan fingerprint density at radius 1 is 0.449 bits per heavy atom. The molecule has 0 aliphatic heterocycles. The summed E-state index contributed by atoms with van der Waals surface area (Å²) in [5.41, 5.74) is 3.38. The summed E-state index contributed by atoms with van der Waals surface area (Å²) >= 11 is 0. The van der Waals surface area contributed by atoms with Gasteiger partial charge >= 0.3 is 0 Å². The van der Waals surface area contributed by atoms with Gasteiger partial charge in [-0.25, -0.2) is 0 Å². The molecule has 482 valence electrons. The lowest BCUT2D eigenvalue weighted by Crippen LogP contribution is -2.00. The molecule has 6 aliphatic carbocycles. The molecular formula is C78H170. The molecular weight excluding hydrogens is 937 g/mol. The van der Waals surface area contributed by atoms with Crippen molar-refractivity contribution in [2.75, 3.05) is 0 Å². The predicted octanol–water partition coefficient (Wildman–Crippen LogP) is 29.7. The maximum absolute atomic E-state index is 2.35. The average Bonchev–Trinajstić information content (AvgIpc) is 4.13. The zero-order chi connectivity index (χ0) is 63.1. The summed E-state index contributed by atoms with van der Waals surface area (Å²) in [5, 5.41) is 0. The summed E-state index contributed by atoms with van der Waals surface area (Å²) in [5.74, 6) is 11.7.